The fraction of sp³-hybridized carbons (Fsp3) is 0.806. The number of hydrogen-bond donors (Lipinski definition) is 0. The summed E-state index contributed by atoms with van der Waals surface area (Å²) in [6.07, 6.45) is 15.0. The molecule has 2 saturated heterocycles. The molecule has 3 aliphatic rings. The van der Waals surface area contributed by atoms with E-state index in [-0.39, 0.29) is 12.4 Å². The quantitative estimate of drug-likeness (QED) is 0.298. The maximum Gasteiger partial charge on any atom is 0.0746 e. The van der Waals surface area contributed by atoms with E-state index < -0.39 is 0 Å². The Balaban J connectivity index is 0.00000361. The molecular weight excluding hydrogens is 466 g/mol. The van der Waals surface area contributed by atoms with Crippen LogP contribution in [0.25, 0.3) is 0 Å². The number of rotatable bonds is 10. The Labute approximate surface area is 228 Å². The first-order chi connectivity index (χ1) is 17.1. The van der Waals surface area contributed by atoms with Crippen molar-refractivity contribution in [2.75, 3.05) is 62.7 Å². The zero-order valence-corrected chi connectivity index (χ0v) is 24.6. The fourth-order valence-electron chi connectivity index (χ4n) is 7.01. The molecule has 1 atom stereocenters. The van der Waals surface area contributed by atoms with Gasteiger partial charge in [-0.25, -0.2) is 0 Å². The average molecular weight is 520 g/mol. The number of benzene rings is 1. The monoisotopic (exact) mass is 519 g/mol. The smallest absolute Gasteiger partial charge is 0.0746 e. The summed E-state index contributed by atoms with van der Waals surface area (Å²) in [4.78, 5) is 7.99. The van der Waals surface area contributed by atoms with Gasteiger partial charge in [-0.05, 0) is 86.6 Å². The molecule has 0 N–H and O–H groups in total. The molecule has 4 nitrogen and oxygen atoms in total. The van der Waals surface area contributed by atoms with Crippen molar-refractivity contribution < 1.29 is 4.74 Å². The van der Waals surface area contributed by atoms with Gasteiger partial charge in [0, 0.05) is 57.8 Å². The molecule has 1 aliphatic carbocycles. The number of ether oxygens (including phenoxy) is 1. The van der Waals surface area contributed by atoms with Crippen molar-refractivity contribution in [2.45, 2.75) is 103 Å². The van der Waals surface area contributed by atoms with Gasteiger partial charge < -0.3 is 14.5 Å². The van der Waals surface area contributed by atoms with Crippen LogP contribution in [0.1, 0.15) is 103 Å². The van der Waals surface area contributed by atoms with E-state index in [1.807, 2.05) is 7.11 Å². The first kappa shape index (κ1) is 29.6. The largest absolute Gasteiger partial charge is 0.380 e. The van der Waals surface area contributed by atoms with E-state index in [2.05, 4.69) is 53.7 Å². The highest BCUT2D eigenvalue weighted by molar-refractivity contribution is 5.85. The predicted octanol–water partition coefficient (Wildman–Crippen LogP) is 7.50. The van der Waals surface area contributed by atoms with Crippen LogP contribution in [0.2, 0.25) is 0 Å². The first-order valence-corrected chi connectivity index (χ1v) is 15.0. The molecule has 1 saturated carbocycles. The molecule has 0 radical (unpaired) electrons. The van der Waals surface area contributed by atoms with Crippen LogP contribution in [0.5, 0.6) is 0 Å². The van der Waals surface area contributed by atoms with Crippen LogP contribution in [0.4, 0.5) is 11.4 Å². The molecule has 206 valence electrons. The third kappa shape index (κ3) is 7.11. The van der Waals surface area contributed by atoms with Gasteiger partial charge in [-0.15, -0.1) is 12.4 Å². The maximum absolute atomic E-state index is 5.75. The van der Waals surface area contributed by atoms with Crippen molar-refractivity contribution in [1.29, 1.82) is 0 Å². The van der Waals surface area contributed by atoms with Gasteiger partial charge in [0.1, 0.15) is 0 Å². The summed E-state index contributed by atoms with van der Waals surface area (Å²) in [5.74, 6) is 0.710. The van der Waals surface area contributed by atoms with Gasteiger partial charge in [-0.2, -0.15) is 0 Å². The fourth-order valence-corrected chi connectivity index (χ4v) is 7.01. The number of piperidine rings is 1. The zero-order valence-electron chi connectivity index (χ0n) is 23.8. The highest BCUT2D eigenvalue weighted by Crippen LogP contribution is 2.49. The van der Waals surface area contributed by atoms with Gasteiger partial charge in [0.25, 0.3) is 0 Å². The third-order valence-electron chi connectivity index (χ3n) is 9.86. The maximum atomic E-state index is 5.75. The van der Waals surface area contributed by atoms with Crippen molar-refractivity contribution in [1.82, 2.24) is 4.90 Å². The van der Waals surface area contributed by atoms with Crippen molar-refractivity contribution >= 4 is 23.8 Å². The topological polar surface area (TPSA) is 19.0 Å². The molecule has 36 heavy (non-hydrogen) atoms. The van der Waals surface area contributed by atoms with Gasteiger partial charge in [0.05, 0.1) is 6.10 Å². The van der Waals surface area contributed by atoms with Gasteiger partial charge in [0.15, 0.2) is 0 Å². The van der Waals surface area contributed by atoms with Crippen molar-refractivity contribution in [3.05, 3.63) is 23.8 Å². The number of methoxy groups -OCH3 is 1. The van der Waals surface area contributed by atoms with Crippen LogP contribution in [-0.2, 0) is 4.74 Å². The first-order valence-electron chi connectivity index (χ1n) is 15.0. The number of anilines is 2. The highest BCUT2D eigenvalue weighted by atomic mass is 35.5. The molecule has 0 bridgehead atoms. The van der Waals surface area contributed by atoms with Crippen molar-refractivity contribution in [2.24, 2.45) is 5.41 Å². The van der Waals surface area contributed by atoms with E-state index in [4.69, 9.17) is 4.74 Å². The van der Waals surface area contributed by atoms with Crippen LogP contribution in [0, 0.1) is 5.41 Å². The minimum absolute atomic E-state index is 0. The molecule has 4 rings (SSSR count). The Morgan fingerprint density at radius 2 is 1.61 bits per heavy atom. The second kappa shape index (κ2) is 14.3. The molecule has 0 aromatic heterocycles. The van der Waals surface area contributed by atoms with Crippen LogP contribution in [0.3, 0.4) is 0 Å². The highest BCUT2D eigenvalue weighted by Gasteiger charge is 2.34. The second-order valence-electron chi connectivity index (χ2n) is 11.7. The molecule has 2 heterocycles. The lowest BCUT2D eigenvalue weighted by Gasteiger charge is -2.42. The molecule has 2 aliphatic heterocycles. The molecule has 0 spiro atoms. The summed E-state index contributed by atoms with van der Waals surface area (Å²) in [5.41, 5.74) is 5.19. The summed E-state index contributed by atoms with van der Waals surface area (Å²) in [7, 11) is 1.88. The Kier molecular flexibility index (Phi) is 11.7. The molecule has 0 unspecified atom stereocenters. The van der Waals surface area contributed by atoms with E-state index in [9.17, 15) is 0 Å². The summed E-state index contributed by atoms with van der Waals surface area (Å²) in [5, 5.41) is 0. The number of halogens is 1. The Bertz CT molecular complexity index is 765. The predicted molar refractivity (Wildman–Crippen MR) is 158 cm³/mol. The molecule has 1 aromatic rings. The van der Waals surface area contributed by atoms with Crippen molar-refractivity contribution in [3.8, 4) is 0 Å². The Morgan fingerprint density at radius 1 is 0.889 bits per heavy atom. The lowest BCUT2D eigenvalue weighted by molar-refractivity contribution is 0.0893. The van der Waals surface area contributed by atoms with Gasteiger partial charge >= 0.3 is 0 Å². The molecule has 0 amide bonds. The zero-order chi connectivity index (χ0) is 24.7. The Morgan fingerprint density at radius 3 is 2.25 bits per heavy atom. The summed E-state index contributed by atoms with van der Waals surface area (Å²) >= 11 is 0. The summed E-state index contributed by atoms with van der Waals surface area (Å²) in [6, 6.07) is 7.49. The summed E-state index contributed by atoms with van der Waals surface area (Å²) in [6.45, 7) is 15.4. The lowest BCUT2D eigenvalue weighted by Crippen LogP contribution is -2.47. The third-order valence-corrected chi connectivity index (χ3v) is 9.86. The molecule has 5 heteroatoms. The minimum atomic E-state index is 0. The van der Waals surface area contributed by atoms with E-state index in [1.165, 1.54) is 115 Å². The minimum Gasteiger partial charge on any atom is -0.380 e. The normalized spacial score (nSPS) is 23.5. The lowest BCUT2D eigenvalue weighted by atomic mass is 9.66. The molecule has 1 aromatic carbocycles. The van der Waals surface area contributed by atoms with E-state index in [1.54, 1.807) is 5.56 Å². The molecular formula is C31H54ClN3O. The second-order valence-corrected chi connectivity index (χ2v) is 11.7. The van der Waals surface area contributed by atoms with E-state index >= 15 is 0 Å². The SMILES string of the molecule is CCCCCN1CCN(c2ccc(N3CCC[C@H](OC)C3)cc2C2CCC(CC)(CC)CC2)CC1.Cl. The van der Waals surface area contributed by atoms with Crippen LogP contribution in [-0.4, -0.2) is 63.9 Å². The number of nitrogens with zero attached hydrogens (tertiary/aromatic N) is 3. The summed E-state index contributed by atoms with van der Waals surface area (Å²) < 4.78 is 5.75. The standard InChI is InChI=1S/C31H53N3O.ClH/c1-5-8-9-18-32-20-22-33(23-21-32)30-13-12-27(34-19-10-11-28(25-34)35-4)24-29(30)26-14-16-31(6-2,7-3)17-15-26;/h12-13,24,26,28H,5-11,14-23,25H2,1-4H3;1H/t28-;/m0./s1. The number of unbranched alkanes of at least 4 members (excludes halogenated alkanes) is 2. The van der Waals surface area contributed by atoms with Gasteiger partial charge in [0.2, 0.25) is 0 Å². The average Bonchev–Trinajstić information content (AvgIpc) is 2.93. The van der Waals surface area contributed by atoms with Gasteiger partial charge in [-0.3, -0.25) is 4.90 Å². The Hall–Kier alpha value is -0.970. The number of hydrogen-bond acceptors (Lipinski definition) is 4. The van der Waals surface area contributed by atoms with Crippen LogP contribution in [0.15, 0.2) is 18.2 Å². The van der Waals surface area contributed by atoms with Gasteiger partial charge in [-0.1, -0.05) is 46.5 Å². The van der Waals surface area contributed by atoms with Crippen molar-refractivity contribution in [3.63, 3.8) is 0 Å². The van der Waals surface area contributed by atoms with E-state index in [0.29, 0.717) is 17.4 Å². The van der Waals surface area contributed by atoms with Crippen LogP contribution >= 0.6 is 12.4 Å². The van der Waals surface area contributed by atoms with E-state index in [0.717, 1.165) is 13.1 Å². The number of piperazine rings is 1. The van der Waals surface area contributed by atoms with Crippen LogP contribution < -0.4 is 9.80 Å². The molecule has 3 fully saturated rings.